The van der Waals surface area contributed by atoms with Crippen molar-refractivity contribution in [3.05, 3.63) is 59.2 Å². The minimum absolute atomic E-state index is 0.700. The number of rotatable bonds is 3. The predicted molar refractivity (Wildman–Crippen MR) is 87.8 cm³/mol. The van der Waals surface area contributed by atoms with Crippen molar-refractivity contribution >= 4 is 33.9 Å². The second-order valence-corrected chi connectivity index (χ2v) is 5.26. The first-order valence-corrected chi connectivity index (χ1v) is 7.01. The highest BCUT2D eigenvalue weighted by Crippen LogP contribution is 2.29. The summed E-state index contributed by atoms with van der Waals surface area (Å²) in [4.78, 5) is 4.53. The molecule has 3 aromatic rings. The number of anilines is 2. The number of hydrogen-bond donors (Lipinski definition) is 1. The van der Waals surface area contributed by atoms with Gasteiger partial charge in [-0.15, -0.1) is 0 Å². The third-order valence-corrected chi connectivity index (χ3v) is 3.50. The van der Waals surface area contributed by atoms with E-state index in [9.17, 15) is 0 Å². The van der Waals surface area contributed by atoms with E-state index < -0.39 is 0 Å². The molecule has 0 radical (unpaired) electrons. The molecule has 1 N–H and O–H groups in total. The minimum atomic E-state index is 0.700. The molecule has 0 bridgehead atoms. The van der Waals surface area contributed by atoms with Gasteiger partial charge >= 0.3 is 0 Å². The topological polar surface area (TPSA) is 34.1 Å². The zero-order valence-electron chi connectivity index (χ0n) is 11.9. The van der Waals surface area contributed by atoms with E-state index in [-0.39, 0.29) is 0 Å². The number of benzene rings is 2. The molecule has 0 spiro atoms. The molecular weight excluding hydrogens is 284 g/mol. The molecule has 0 atom stereocenters. The zero-order chi connectivity index (χ0) is 14.8. The number of fused-ring (bicyclic) bond motifs is 1. The van der Waals surface area contributed by atoms with Crippen LogP contribution in [-0.2, 0) is 0 Å². The van der Waals surface area contributed by atoms with Crippen LogP contribution in [0.4, 0.5) is 11.4 Å². The molecule has 106 valence electrons. The van der Waals surface area contributed by atoms with E-state index >= 15 is 0 Å². The average Bonchev–Trinajstić information content (AvgIpc) is 2.49. The number of ether oxygens (including phenoxy) is 1. The number of hydrogen-bond acceptors (Lipinski definition) is 3. The van der Waals surface area contributed by atoms with Gasteiger partial charge in [0.1, 0.15) is 5.75 Å². The van der Waals surface area contributed by atoms with Gasteiger partial charge in [-0.05, 0) is 55.5 Å². The van der Waals surface area contributed by atoms with Crippen LogP contribution < -0.4 is 10.1 Å². The summed E-state index contributed by atoms with van der Waals surface area (Å²) in [6, 6.07) is 15.5. The number of nitrogens with zero attached hydrogens (tertiary/aromatic N) is 1. The van der Waals surface area contributed by atoms with Crippen LogP contribution in [0.3, 0.4) is 0 Å². The van der Waals surface area contributed by atoms with Crippen molar-refractivity contribution < 1.29 is 4.74 Å². The van der Waals surface area contributed by atoms with E-state index in [2.05, 4.69) is 10.3 Å². The van der Waals surface area contributed by atoms with Crippen LogP contribution >= 0.6 is 11.6 Å². The molecule has 0 aliphatic rings. The zero-order valence-corrected chi connectivity index (χ0v) is 12.6. The summed E-state index contributed by atoms with van der Waals surface area (Å²) in [6.07, 6.45) is 0. The summed E-state index contributed by atoms with van der Waals surface area (Å²) in [5.41, 5.74) is 3.86. The van der Waals surface area contributed by atoms with Crippen LogP contribution in [0.25, 0.3) is 10.9 Å². The van der Waals surface area contributed by atoms with Crippen molar-refractivity contribution in [2.24, 2.45) is 0 Å². The maximum Gasteiger partial charge on any atom is 0.119 e. The van der Waals surface area contributed by atoms with Gasteiger partial charge in [0.15, 0.2) is 0 Å². The van der Waals surface area contributed by atoms with Crippen molar-refractivity contribution in [2.75, 3.05) is 12.4 Å². The number of aryl methyl sites for hydroxylation is 1. The van der Waals surface area contributed by atoms with Crippen molar-refractivity contribution in [3.8, 4) is 5.75 Å². The third-order valence-electron chi connectivity index (χ3n) is 3.27. The van der Waals surface area contributed by atoms with Crippen LogP contribution in [0.2, 0.25) is 5.02 Å². The molecule has 1 heterocycles. The molecule has 0 aliphatic carbocycles. The second-order valence-electron chi connectivity index (χ2n) is 4.83. The summed E-state index contributed by atoms with van der Waals surface area (Å²) >= 11 is 6.10. The largest absolute Gasteiger partial charge is 0.497 e. The Balaban J connectivity index is 2.04. The maximum atomic E-state index is 6.10. The second kappa shape index (κ2) is 5.62. The molecule has 0 fully saturated rings. The van der Waals surface area contributed by atoms with E-state index in [1.165, 1.54) is 0 Å². The van der Waals surface area contributed by atoms with E-state index in [1.807, 2.05) is 55.5 Å². The Morgan fingerprint density at radius 1 is 1.05 bits per heavy atom. The van der Waals surface area contributed by atoms with Crippen LogP contribution in [-0.4, -0.2) is 12.1 Å². The minimum Gasteiger partial charge on any atom is -0.497 e. The van der Waals surface area contributed by atoms with Gasteiger partial charge in [-0.1, -0.05) is 11.6 Å². The van der Waals surface area contributed by atoms with Gasteiger partial charge in [0.25, 0.3) is 0 Å². The highest BCUT2D eigenvalue weighted by atomic mass is 35.5. The molecule has 0 saturated carbocycles. The predicted octanol–water partition coefficient (Wildman–Crippen LogP) is 4.95. The first-order chi connectivity index (χ1) is 10.2. The number of nitrogens with one attached hydrogen (secondary N) is 1. The normalized spacial score (nSPS) is 10.6. The van der Waals surface area contributed by atoms with Gasteiger partial charge in [0.2, 0.25) is 0 Å². The summed E-state index contributed by atoms with van der Waals surface area (Å²) in [6.45, 7) is 1.98. The average molecular weight is 299 g/mol. The van der Waals surface area contributed by atoms with Crippen LogP contribution in [0.1, 0.15) is 5.69 Å². The van der Waals surface area contributed by atoms with E-state index in [0.717, 1.165) is 33.7 Å². The Morgan fingerprint density at radius 3 is 2.52 bits per heavy atom. The van der Waals surface area contributed by atoms with Crippen molar-refractivity contribution in [1.82, 2.24) is 4.98 Å². The standard InChI is InChI=1S/C17H15ClN2O/c1-11-9-17(15-10-12(18)3-8-16(15)19-11)20-13-4-6-14(21-2)7-5-13/h3-10H,1-2H3,(H,19,20). The lowest BCUT2D eigenvalue weighted by Crippen LogP contribution is -1.95. The van der Waals surface area contributed by atoms with Crippen molar-refractivity contribution in [1.29, 1.82) is 0 Å². The molecule has 2 aromatic carbocycles. The first kappa shape index (κ1) is 13.7. The maximum absolute atomic E-state index is 6.10. The number of pyridine rings is 1. The number of aromatic nitrogens is 1. The molecule has 4 heteroatoms. The lowest BCUT2D eigenvalue weighted by atomic mass is 10.1. The Morgan fingerprint density at radius 2 is 1.81 bits per heavy atom. The van der Waals surface area contributed by atoms with Crippen LogP contribution in [0.15, 0.2) is 48.5 Å². The highest BCUT2D eigenvalue weighted by molar-refractivity contribution is 6.31. The molecule has 3 nitrogen and oxygen atoms in total. The lowest BCUT2D eigenvalue weighted by Gasteiger charge is -2.11. The Kier molecular flexibility index (Phi) is 3.67. The fraction of sp³-hybridized carbons (Fsp3) is 0.118. The summed E-state index contributed by atoms with van der Waals surface area (Å²) < 4.78 is 5.17. The summed E-state index contributed by atoms with van der Waals surface area (Å²) in [7, 11) is 1.66. The van der Waals surface area contributed by atoms with Crippen molar-refractivity contribution in [3.63, 3.8) is 0 Å². The lowest BCUT2D eigenvalue weighted by molar-refractivity contribution is 0.415. The smallest absolute Gasteiger partial charge is 0.119 e. The van der Waals surface area contributed by atoms with Crippen molar-refractivity contribution in [2.45, 2.75) is 6.92 Å². The molecule has 0 saturated heterocycles. The molecule has 1 aromatic heterocycles. The molecular formula is C17H15ClN2O. The molecule has 0 aliphatic heterocycles. The number of methoxy groups -OCH3 is 1. The molecule has 0 unspecified atom stereocenters. The fourth-order valence-corrected chi connectivity index (χ4v) is 2.44. The molecule has 3 rings (SSSR count). The van der Waals surface area contributed by atoms with Gasteiger partial charge < -0.3 is 10.1 Å². The van der Waals surface area contributed by atoms with E-state index in [1.54, 1.807) is 7.11 Å². The van der Waals surface area contributed by atoms with Crippen LogP contribution in [0, 0.1) is 6.92 Å². The third kappa shape index (κ3) is 2.93. The fourth-order valence-electron chi connectivity index (χ4n) is 2.26. The molecule has 0 amide bonds. The van der Waals surface area contributed by atoms with Gasteiger partial charge in [-0.2, -0.15) is 0 Å². The van der Waals surface area contributed by atoms with Gasteiger partial charge in [-0.25, -0.2) is 0 Å². The summed E-state index contributed by atoms with van der Waals surface area (Å²) in [5, 5.41) is 5.12. The highest BCUT2D eigenvalue weighted by Gasteiger charge is 2.05. The Bertz CT molecular complexity index is 785. The van der Waals surface area contributed by atoms with E-state index in [0.29, 0.717) is 5.02 Å². The Hall–Kier alpha value is -2.26. The van der Waals surface area contributed by atoms with E-state index in [4.69, 9.17) is 16.3 Å². The van der Waals surface area contributed by atoms with Gasteiger partial charge in [0, 0.05) is 27.5 Å². The first-order valence-electron chi connectivity index (χ1n) is 6.64. The number of halogens is 1. The van der Waals surface area contributed by atoms with Gasteiger partial charge in [0.05, 0.1) is 12.6 Å². The SMILES string of the molecule is COc1ccc(Nc2cc(C)nc3ccc(Cl)cc23)cc1. The Labute approximate surface area is 128 Å². The quantitative estimate of drug-likeness (QED) is 0.743. The van der Waals surface area contributed by atoms with Gasteiger partial charge in [-0.3, -0.25) is 4.98 Å². The summed E-state index contributed by atoms with van der Waals surface area (Å²) in [5.74, 6) is 0.833. The monoisotopic (exact) mass is 298 g/mol. The molecule has 21 heavy (non-hydrogen) atoms. The van der Waals surface area contributed by atoms with Crippen LogP contribution in [0.5, 0.6) is 5.75 Å².